The molecule has 1 aliphatic carbocycles. The highest BCUT2D eigenvalue weighted by Gasteiger charge is 2.31. The lowest BCUT2D eigenvalue weighted by Gasteiger charge is -2.19. The number of fused-ring (bicyclic) bond motifs is 1. The SMILES string of the molecule is CC(C)C[C@H](NC(=O)C1CC1)c1ccc(C(=O)NCc2ccn3ccnc3c2)s1. The molecule has 2 amide bonds. The smallest absolute Gasteiger partial charge is 0.261 e. The fourth-order valence-corrected chi connectivity index (χ4v) is 4.34. The summed E-state index contributed by atoms with van der Waals surface area (Å²) in [5, 5.41) is 6.16. The third kappa shape index (κ3) is 4.85. The molecule has 0 aromatic carbocycles. The van der Waals surface area contributed by atoms with Crippen LogP contribution < -0.4 is 10.6 Å². The first-order valence-corrected chi connectivity index (χ1v) is 10.9. The first-order chi connectivity index (χ1) is 14.0. The van der Waals surface area contributed by atoms with Crippen LogP contribution in [0.1, 0.15) is 59.3 Å². The van der Waals surface area contributed by atoms with Gasteiger partial charge in [0.15, 0.2) is 0 Å². The molecule has 0 bridgehead atoms. The Hall–Kier alpha value is -2.67. The number of hydrogen-bond donors (Lipinski definition) is 2. The predicted molar refractivity (Wildman–Crippen MR) is 114 cm³/mol. The molecule has 1 fully saturated rings. The second-order valence-corrected chi connectivity index (χ2v) is 9.19. The summed E-state index contributed by atoms with van der Waals surface area (Å²) >= 11 is 1.46. The van der Waals surface area contributed by atoms with Crippen LogP contribution in [0.4, 0.5) is 0 Å². The van der Waals surface area contributed by atoms with Gasteiger partial charge in [-0.2, -0.15) is 0 Å². The number of rotatable bonds is 8. The van der Waals surface area contributed by atoms with Gasteiger partial charge in [0, 0.05) is 35.9 Å². The summed E-state index contributed by atoms with van der Waals surface area (Å²) in [4.78, 5) is 30.8. The molecule has 1 aliphatic rings. The largest absolute Gasteiger partial charge is 0.348 e. The van der Waals surface area contributed by atoms with Crippen molar-refractivity contribution in [2.24, 2.45) is 11.8 Å². The minimum absolute atomic E-state index is 0.0301. The van der Waals surface area contributed by atoms with E-state index in [2.05, 4.69) is 29.5 Å². The number of carbonyl (C=O) groups is 2. The summed E-state index contributed by atoms with van der Waals surface area (Å²) in [7, 11) is 0. The molecule has 0 unspecified atom stereocenters. The zero-order chi connectivity index (χ0) is 20.4. The second kappa shape index (κ2) is 8.37. The van der Waals surface area contributed by atoms with E-state index in [9.17, 15) is 9.59 Å². The maximum Gasteiger partial charge on any atom is 0.261 e. The standard InChI is InChI=1S/C22H26N4O2S/c1-14(2)11-17(25-21(27)16-3-4-16)18-5-6-19(29-18)22(28)24-13-15-7-9-26-10-8-23-20(26)12-15/h5-10,12,14,16-17H,3-4,11,13H2,1-2H3,(H,24,28)(H,25,27)/t17-/m0/s1. The Kier molecular flexibility index (Phi) is 5.67. The molecular formula is C22H26N4O2S. The van der Waals surface area contributed by atoms with Gasteiger partial charge in [0.25, 0.3) is 5.91 Å². The van der Waals surface area contributed by atoms with Crippen LogP contribution in [-0.4, -0.2) is 21.2 Å². The van der Waals surface area contributed by atoms with Gasteiger partial charge in [-0.3, -0.25) is 9.59 Å². The molecule has 3 heterocycles. The molecule has 152 valence electrons. The average molecular weight is 411 g/mol. The van der Waals surface area contributed by atoms with Crippen LogP contribution in [0, 0.1) is 11.8 Å². The number of carbonyl (C=O) groups excluding carboxylic acids is 2. The molecule has 4 rings (SSSR count). The van der Waals surface area contributed by atoms with Gasteiger partial charge in [0.05, 0.1) is 10.9 Å². The van der Waals surface area contributed by atoms with Crippen molar-refractivity contribution in [2.45, 2.75) is 45.7 Å². The first kappa shape index (κ1) is 19.6. The molecular weight excluding hydrogens is 384 g/mol. The lowest BCUT2D eigenvalue weighted by molar-refractivity contribution is -0.123. The molecule has 0 aliphatic heterocycles. The minimum Gasteiger partial charge on any atom is -0.348 e. The summed E-state index contributed by atoms with van der Waals surface area (Å²) in [6.45, 7) is 4.74. The van der Waals surface area contributed by atoms with Crippen molar-refractivity contribution in [3.63, 3.8) is 0 Å². The van der Waals surface area contributed by atoms with E-state index < -0.39 is 0 Å². The Labute approximate surface area is 174 Å². The summed E-state index contributed by atoms with van der Waals surface area (Å²) in [6.07, 6.45) is 8.42. The fraction of sp³-hybridized carbons (Fsp3) is 0.409. The van der Waals surface area contributed by atoms with Gasteiger partial charge in [-0.05, 0) is 55.0 Å². The number of aromatic nitrogens is 2. The molecule has 1 saturated carbocycles. The molecule has 6 nitrogen and oxygen atoms in total. The number of imidazole rings is 1. The van der Waals surface area contributed by atoms with Crippen LogP contribution in [0.5, 0.6) is 0 Å². The predicted octanol–water partition coefficient (Wildman–Crippen LogP) is 3.94. The quantitative estimate of drug-likeness (QED) is 0.591. The summed E-state index contributed by atoms with van der Waals surface area (Å²) < 4.78 is 1.93. The van der Waals surface area contributed by atoms with Crippen molar-refractivity contribution < 1.29 is 9.59 Å². The average Bonchev–Trinajstić information content (AvgIpc) is 3.24. The minimum atomic E-state index is -0.0960. The van der Waals surface area contributed by atoms with Gasteiger partial charge in [-0.1, -0.05) is 13.8 Å². The Bertz CT molecular complexity index is 1020. The van der Waals surface area contributed by atoms with Crippen molar-refractivity contribution in [1.82, 2.24) is 20.0 Å². The highest BCUT2D eigenvalue weighted by molar-refractivity contribution is 7.14. The molecule has 29 heavy (non-hydrogen) atoms. The fourth-order valence-electron chi connectivity index (χ4n) is 3.35. The van der Waals surface area contributed by atoms with Crippen LogP contribution in [0.2, 0.25) is 0 Å². The van der Waals surface area contributed by atoms with Gasteiger partial charge in [0.2, 0.25) is 5.91 Å². The van der Waals surface area contributed by atoms with E-state index in [4.69, 9.17) is 0 Å². The Morgan fingerprint density at radius 1 is 1.24 bits per heavy atom. The van der Waals surface area contributed by atoms with Crippen molar-refractivity contribution in [2.75, 3.05) is 0 Å². The number of nitrogens with one attached hydrogen (secondary N) is 2. The monoisotopic (exact) mass is 410 g/mol. The molecule has 0 radical (unpaired) electrons. The van der Waals surface area contributed by atoms with E-state index in [1.165, 1.54) is 11.3 Å². The molecule has 3 aromatic heterocycles. The number of pyridine rings is 1. The second-order valence-electron chi connectivity index (χ2n) is 8.08. The van der Waals surface area contributed by atoms with Crippen molar-refractivity contribution in [1.29, 1.82) is 0 Å². The lowest BCUT2D eigenvalue weighted by Crippen LogP contribution is -2.30. The maximum absolute atomic E-state index is 12.6. The van der Waals surface area contributed by atoms with Crippen LogP contribution in [-0.2, 0) is 11.3 Å². The van der Waals surface area contributed by atoms with E-state index in [1.54, 1.807) is 6.20 Å². The van der Waals surface area contributed by atoms with Crippen molar-refractivity contribution >= 4 is 28.8 Å². The number of thiophene rings is 1. The van der Waals surface area contributed by atoms with E-state index in [-0.39, 0.29) is 23.8 Å². The Morgan fingerprint density at radius 2 is 2.07 bits per heavy atom. The van der Waals surface area contributed by atoms with E-state index in [1.807, 2.05) is 41.1 Å². The van der Waals surface area contributed by atoms with Gasteiger partial charge in [-0.25, -0.2) is 4.98 Å². The van der Waals surface area contributed by atoms with E-state index >= 15 is 0 Å². The van der Waals surface area contributed by atoms with Gasteiger partial charge in [-0.15, -0.1) is 11.3 Å². The molecule has 1 atom stereocenters. The van der Waals surface area contributed by atoms with Crippen LogP contribution in [0.15, 0.2) is 42.9 Å². The van der Waals surface area contributed by atoms with E-state index in [0.717, 1.165) is 35.4 Å². The van der Waals surface area contributed by atoms with Crippen molar-refractivity contribution in [3.05, 3.63) is 58.2 Å². The number of amides is 2. The van der Waals surface area contributed by atoms with Gasteiger partial charge < -0.3 is 15.0 Å². The zero-order valence-electron chi connectivity index (χ0n) is 16.7. The molecule has 2 N–H and O–H groups in total. The summed E-state index contributed by atoms with van der Waals surface area (Å²) in [6, 6.07) is 7.73. The van der Waals surface area contributed by atoms with Crippen molar-refractivity contribution in [3.8, 4) is 0 Å². The molecule has 3 aromatic rings. The van der Waals surface area contributed by atoms with Gasteiger partial charge >= 0.3 is 0 Å². The highest BCUT2D eigenvalue weighted by atomic mass is 32.1. The molecule has 0 spiro atoms. The summed E-state index contributed by atoms with van der Waals surface area (Å²) in [5.74, 6) is 0.682. The number of hydrogen-bond acceptors (Lipinski definition) is 4. The highest BCUT2D eigenvalue weighted by Crippen LogP contribution is 2.33. The topological polar surface area (TPSA) is 75.5 Å². The zero-order valence-corrected chi connectivity index (χ0v) is 17.5. The summed E-state index contributed by atoms with van der Waals surface area (Å²) in [5.41, 5.74) is 1.86. The first-order valence-electron chi connectivity index (χ1n) is 10.1. The molecule has 0 saturated heterocycles. The molecule has 7 heteroatoms. The number of nitrogens with zero attached hydrogens (tertiary/aromatic N) is 2. The Morgan fingerprint density at radius 3 is 2.83 bits per heavy atom. The third-order valence-corrected chi connectivity index (χ3v) is 6.28. The van der Waals surface area contributed by atoms with Gasteiger partial charge in [0.1, 0.15) is 5.65 Å². The van der Waals surface area contributed by atoms with E-state index in [0.29, 0.717) is 17.3 Å². The normalized spacial score (nSPS) is 14.9. The van der Waals surface area contributed by atoms with Crippen LogP contribution in [0.3, 0.4) is 0 Å². The Balaban J connectivity index is 1.40. The van der Waals surface area contributed by atoms with Crippen LogP contribution in [0.25, 0.3) is 5.65 Å². The third-order valence-electron chi connectivity index (χ3n) is 5.08. The van der Waals surface area contributed by atoms with Crippen LogP contribution >= 0.6 is 11.3 Å². The lowest BCUT2D eigenvalue weighted by atomic mass is 10.0. The maximum atomic E-state index is 12.6.